The number of aliphatic hydroxyl groups is 1. The van der Waals surface area contributed by atoms with E-state index in [-0.39, 0.29) is 12.1 Å². The maximum Gasteiger partial charge on any atom is 0.0926 e. The molecule has 2 rings (SSSR count). The Labute approximate surface area is 94.5 Å². The summed E-state index contributed by atoms with van der Waals surface area (Å²) in [7, 11) is 0. The second-order valence-electron chi connectivity index (χ2n) is 4.07. The van der Waals surface area contributed by atoms with Crippen LogP contribution in [-0.4, -0.2) is 22.2 Å². The molecule has 2 N–H and O–H groups in total. The molecule has 0 saturated heterocycles. The van der Waals surface area contributed by atoms with E-state index in [1.54, 1.807) is 11.3 Å². The molecule has 15 heavy (non-hydrogen) atoms. The van der Waals surface area contributed by atoms with Crippen LogP contribution in [0.4, 0.5) is 0 Å². The number of aryl methyl sites for hydroxylation is 1. The van der Waals surface area contributed by atoms with Crippen molar-refractivity contribution in [2.24, 2.45) is 0 Å². The quantitative estimate of drug-likeness (QED) is 0.821. The highest BCUT2D eigenvalue weighted by atomic mass is 32.1. The summed E-state index contributed by atoms with van der Waals surface area (Å²) in [5.74, 6) is 0. The molecule has 0 amide bonds. The predicted molar refractivity (Wildman–Crippen MR) is 62.0 cm³/mol. The average molecular weight is 226 g/mol. The van der Waals surface area contributed by atoms with Gasteiger partial charge in [-0.05, 0) is 25.7 Å². The molecule has 1 heterocycles. The van der Waals surface area contributed by atoms with Crippen molar-refractivity contribution in [3.05, 3.63) is 16.1 Å². The Morgan fingerprint density at radius 3 is 3.07 bits per heavy atom. The Bertz CT molecular complexity index is 313. The number of rotatable bonds is 4. The summed E-state index contributed by atoms with van der Waals surface area (Å²) in [5.41, 5.74) is 1.11. The van der Waals surface area contributed by atoms with Crippen molar-refractivity contribution < 1.29 is 5.11 Å². The van der Waals surface area contributed by atoms with E-state index >= 15 is 0 Å². The largest absolute Gasteiger partial charge is 0.392 e. The number of aromatic nitrogens is 1. The zero-order valence-electron chi connectivity index (χ0n) is 9.07. The van der Waals surface area contributed by atoms with Gasteiger partial charge >= 0.3 is 0 Å². The second kappa shape index (κ2) is 5.05. The normalized spacial score (nSPS) is 26.0. The fourth-order valence-electron chi connectivity index (χ4n) is 2.01. The molecule has 1 aliphatic carbocycles. The zero-order chi connectivity index (χ0) is 10.7. The van der Waals surface area contributed by atoms with Gasteiger partial charge in [0.1, 0.15) is 0 Å². The fourth-order valence-corrected chi connectivity index (χ4v) is 2.75. The van der Waals surface area contributed by atoms with Crippen LogP contribution in [-0.2, 0) is 13.0 Å². The van der Waals surface area contributed by atoms with Gasteiger partial charge in [0.15, 0.2) is 0 Å². The lowest BCUT2D eigenvalue weighted by Gasteiger charge is -2.15. The summed E-state index contributed by atoms with van der Waals surface area (Å²) in [6.07, 6.45) is 4.02. The van der Waals surface area contributed by atoms with Crippen molar-refractivity contribution in [1.29, 1.82) is 0 Å². The van der Waals surface area contributed by atoms with Gasteiger partial charge in [-0.25, -0.2) is 4.98 Å². The first-order chi connectivity index (χ1) is 7.29. The van der Waals surface area contributed by atoms with E-state index in [0.29, 0.717) is 0 Å². The van der Waals surface area contributed by atoms with Gasteiger partial charge in [0.25, 0.3) is 0 Å². The van der Waals surface area contributed by atoms with Crippen LogP contribution in [0.5, 0.6) is 0 Å². The third-order valence-electron chi connectivity index (χ3n) is 2.93. The van der Waals surface area contributed by atoms with E-state index in [4.69, 9.17) is 0 Å². The summed E-state index contributed by atoms with van der Waals surface area (Å²) in [6, 6.07) is 0.275. The molecular formula is C11H18N2OS. The smallest absolute Gasteiger partial charge is 0.0926 e. The highest BCUT2D eigenvalue weighted by Gasteiger charge is 2.24. The molecule has 84 valence electrons. The predicted octanol–water partition coefficient (Wildman–Crippen LogP) is 1.71. The maximum absolute atomic E-state index is 9.64. The Kier molecular flexibility index (Phi) is 3.72. The van der Waals surface area contributed by atoms with Crippen molar-refractivity contribution in [2.75, 3.05) is 0 Å². The zero-order valence-corrected chi connectivity index (χ0v) is 9.89. The van der Waals surface area contributed by atoms with E-state index in [2.05, 4.69) is 22.6 Å². The molecule has 1 aromatic heterocycles. The average Bonchev–Trinajstić information content (AvgIpc) is 2.84. The topological polar surface area (TPSA) is 45.2 Å². The standard InChI is InChI=1S/C11H18N2OS/c1-2-11-13-8(7-15-11)6-12-9-4-3-5-10(9)14/h7,9-10,12,14H,2-6H2,1H3. The molecule has 1 aromatic rings. The first-order valence-corrected chi connectivity index (χ1v) is 6.52. The van der Waals surface area contributed by atoms with Crippen LogP contribution < -0.4 is 5.32 Å². The first-order valence-electron chi connectivity index (χ1n) is 5.64. The van der Waals surface area contributed by atoms with Crippen molar-refractivity contribution in [3.8, 4) is 0 Å². The lowest BCUT2D eigenvalue weighted by molar-refractivity contribution is 0.148. The Balaban J connectivity index is 1.82. The van der Waals surface area contributed by atoms with E-state index in [0.717, 1.165) is 37.9 Å². The SMILES string of the molecule is CCc1nc(CNC2CCCC2O)cs1. The Morgan fingerprint density at radius 2 is 2.47 bits per heavy atom. The van der Waals surface area contributed by atoms with Gasteiger partial charge in [-0.1, -0.05) is 6.92 Å². The molecule has 1 saturated carbocycles. The molecular weight excluding hydrogens is 208 g/mol. The van der Waals surface area contributed by atoms with E-state index in [9.17, 15) is 5.11 Å². The molecule has 0 radical (unpaired) electrons. The van der Waals surface area contributed by atoms with Gasteiger partial charge in [-0.15, -0.1) is 11.3 Å². The van der Waals surface area contributed by atoms with Crippen molar-refractivity contribution in [1.82, 2.24) is 10.3 Å². The molecule has 2 atom stereocenters. The van der Waals surface area contributed by atoms with Crippen LogP contribution >= 0.6 is 11.3 Å². The van der Waals surface area contributed by atoms with Crippen LogP contribution in [0.15, 0.2) is 5.38 Å². The van der Waals surface area contributed by atoms with Crippen LogP contribution in [0.25, 0.3) is 0 Å². The minimum atomic E-state index is -0.158. The summed E-state index contributed by atoms with van der Waals surface area (Å²) in [5, 5.41) is 16.3. The molecule has 4 heteroatoms. The minimum absolute atomic E-state index is 0.158. The Morgan fingerprint density at radius 1 is 1.60 bits per heavy atom. The maximum atomic E-state index is 9.64. The van der Waals surface area contributed by atoms with Gasteiger partial charge in [0, 0.05) is 18.0 Å². The lowest BCUT2D eigenvalue weighted by atomic mass is 10.2. The number of hydrogen-bond acceptors (Lipinski definition) is 4. The fraction of sp³-hybridized carbons (Fsp3) is 0.727. The first kappa shape index (κ1) is 11.0. The molecule has 3 nitrogen and oxygen atoms in total. The van der Waals surface area contributed by atoms with Gasteiger partial charge in [-0.3, -0.25) is 0 Å². The summed E-state index contributed by atoms with van der Waals surface area (Å²) < 4.78 is 0. The van der Waals surface area contributed by atoms with Gasteiger partial charge in [-0.2, -0.15) is 0 Å². The summed E-state index contributed by atoms with van der Waals surface area (Å²) >= 11 is 1.72. The van der Waals surface area contributed by atoms with Crippen molar-refractivity contribution in [3.63, 3.8) is 0 Å². The minimum Gasteiger partial charge on any atom is -0.392 e. The molecule has 1 fully saturated rings. The molecule has 0 aliphatic heterocycles. The number of aliphatic hydroxyl groups excluding tert-OH is 1. The third kappa shape index (κ3) is 2.77. The van der Waals surface area contributed by atoms with Crippen LogP contribution in [0, 0.1) is 0 Å². The van der Waals surface area contributed by atoms with Crippen molar-refractivity contribution in [2.45, 2.75) is 51.3 Å². The van der Waals surface area contributed by atoms with Gasteiger partial charge in [0.2, 0.25) is 0 Å². The van der Waals surface area contributed by atoms with Crippen LogP contribution in [0.3, 0.4) is 0 Å². The van der Waals surface area contributed by atoms with E-state index < -0.39 is 0 Å². The van der Waals surface area contributed by atoms with E-state index in [1.165, 1.54) is 5.01 Å². The number of nitrogens with zero attached hydrogens (tertiary/aromatic N) is 1. The molecule has 0 aromatic carbocycles. The molecule has 0 spiro atoms. The van der Waals surface area contributed by atoms with Gasteiger partial charge < -0.3 is 10.4 Å². The molecule has 2 unspecified atom stereocenters. The second-order valence-corrected chi connectivity index (χ2v) is 5.01. The lowest BCUT2D eigenvalue weighted by Crippen LogP contribution is -2.35. The monoisotopic (exact) mass is 226 g/mol. The van der Waals surface area contributed by atoms with E-state index in [1.807, 2.05) is 0 Å². The van der Waals surface area contributed by atoms with Crippen LogP contribution in [0.2, 0.25) is 0 Å². The number of thiazole rings is 1. The van der Waals surface area contributed by atoms with Crippen LogP contribution in [0.1, 0.15) is 36.9 Å². The summed E-state index contributed by atoms with van der Waals surface area (Å²) in [4.78, 5) is 4.49. The highest BCUT2D eigenvalue weighted by molar-refractivity contribution is 7.09. The Hall–Kier alpha value is -0.450. The molecule has 1 aliphatic rings. The van der Waals surface area contributed by atoms with Gasteiger partial charge in [0.05, 0.1) is 16.8 Å². The number of nitrogens with one attached hydrogen (secondary N) is 1. The molecule has 0 bridgehead atoms. The van der Waals surface area contributed by atoms with Crippen molar-refractivity contribution >= 4 is 11.3 Å². The third-order valence-corrected chi connectivity index (χ3v) is 3.97. The summed E-state index contributed by atoms with van der Waals surface area (Å²) in [6.45, 7) is 2.91. The highest BCUT2D eigenvalue weighted by Crippen LogP contribution is 2.19. The number of hydrogen-bond donors (Lipinski definition) is 2.